The Bertz CT molecular complexity index is 1460. The maximum atomic E-state index is 12.4. The van der Waals surface area contributed by atoms with Crippen molar-refractivity contribution >= 4 is 17.0 Å². The van der Waals surface area contributed by atoms with Crippen LogP contribution in [-0.2, 0) is 6.54 Å². The highest BCUT2D eigenvalue weighted by molar-refractivity contribution is 5.77. The van der Waals surface area contributed by atoms with Crippen LogP contribution in [0.3, 0.4) is 0 Å². The third kappa shape index (κ3) is 4.37. The predicted octanol–water partition coefficient (Wildman–Crippen LogP) is 3.64. The summed E-state index contributed by atoms with van der Waals surface area (Å²) in [6.07, 6.45) is 2.50. The molecule has 0 aliphatic carbocycles. The highest BCUT2D eigenvalue weighted by Crippen LogP contribution is 2.21. The molecule has 5 aromatic rings. The fourth-order valence-electron chi connectivity index (χ4n) is 3.71. The number of aromatic nitrogens is 5. The maximum absolute atomic E-state index is 12.4. The smallest absolute Gasteiger partial charge is 0.267 e. The van der Waals surface area contributed by atoms with Crippen LogP contribution in [0.25, 0.3) is 22.3 Å². The fraction of sp³-hybridized carbons (Fsp3) is 0.120. The number of pyridine rings is 1. The number of hydrogen-bond donors (Lipinski definition) is 3. The number of aliphatic hydroxyl groups excluding tert-OH is 1. The van der Waals surface area contributed by atoms with Crippen molar-refractivity contribution in [1.82, 2.24) is 24.7 Å². The molecule has 0 aliphatic heterocycles. The average molecular weight is 438 g/mol. The van der Waals surface area contributed by atoms with Crippen LogP contribution in [0.2, 0.25) is 0 Å². The number of hydrogen-bond acceptors (Lipinski definition) is 6. The van der Waals surface area contributed by atoms with Crippen molar-refractivity contribution in [2.24, 2.45) is 0 Å². The van der Waals surface area contributed by atoms with Gasteiger partial charge in [-0.1, -0.05) is 30.3 Å². The van der Waals surface area contributed by atoms with Crippen molar-refractivity contribution in [3.63, 3.8) is 0 Å². The van der Waals surface area contributed by atoms with E-state index >= 15 is 0 Å². The van der Waals surface area contributed by atoms with Gasteiger partial charge in [-0.3, -0.25) is 9.78 Å². The summed E-state index contributed by atoms with van der Waals surface area (Å²) in [5.41, 5.74) is 5.59. The summed E-state index contributed by atoms with van der Waals surface area (Å²) in [5.74, 6) is 0.478. The zero-order valence-corrected chi connectivity index (χ0v) is 17.9. The Morgan fingerprint density at radius 1 is 1.09 bits per heavy atom. The number of nitrogens with one attached hydrogen (secondary N) is 2. The molecule has 5 rings (SSSR count). The maximum Gasteiger partial charge on any atom is 0.267 e. The number of aliphatic hydroxyl groups is 1. The van der Waals surface area contributed by atoms with Gasteiger partial charge in [0.15, 0.2) is 6.23 Å². The van der Waals surface area contributed by atoms with E-state index in [1.165, 1.54) is 10.7 Å². The zero-order valence-electron chi connectivity index (χ0n) is 17.9. The van der Waals surface area contributed by atoms with Gasteiger partial charge in [0, 0.05) is 29.6 Å². The number of anilines is 1. The summed E-state index contributed by atoms with van der Waals surface area (Å²) in [4.78, 5) is 24.2. The fourth-order valence-corrected chi connectivity index (χ4v) is 3.71. The second-order valence-corrected chi connectivity index (χ2v) is 7.80. The lowest BCUT2D eigenvalue weighted by molar-refractivity contribution is 0.207. The first-order chi connectivity index (χ1) is 16.1. The number of aromatic amines is 1. The van der Waals surface area contributed by atoms with E-state index in [0.717, 1.165) is 27.7 Å². The zero-order chi connectivity index (χ0) is 22.8. The van der Waals surface area contributed by atoms with Gasteiger partial charge in [0.05, 0.1) is 23.3 Å². The second-order valence-electron chi connectivity index (χ2n) is 7.80. The summed E-state index contributed by atoms with van der Waals surface area (Å²) < 4.78 is 1.42. The van der Waals surface area contributed by atoms with E-state index in [9.17, 15) is 9.90 Å². The Hall–Kier alpha value is -4.30. The molecule has 8 heteroatoms. The van der Waals surface area contributed by atoms with Gasteiger partial charge < -0.3 is 15.4 Å². The van der Waals surface area contributed by atoms with E-state index < -0.39 is 6.23 Å². The van der Waals surface area contributed by atoms with Crippen LogP contribution in [0, 0.1) is 6.92 Å². The average Bonchev–Trinajstić information content (AvgIpc) is 3.23. The molecule has 0 saturated heterocycles. The van der Waals surface area contributed by atoms with Crippen molar-refractivity contribution in [3.8, 4) is 11.3 Å². The van der Waals surface area contributed by atoms with E-state index in [2.05, 4.69) is 25.4 Å². The van der Waals surface area contributed by atoms with E-state index in [0.29, 0.717) is 17.2 Å². The number of H-pyrrole nitrogens is 1. The van der Waals surface area contributed by atoms with Crippen LogP contribution in [0.1, 0.15) is 22.9 Å². The molecular weight excluding hydrogens is 416 g/mol. The topological polar surface area (TPSA) is 109 Å². The van der Waals surface area contributed by atoms with Crippen molar-refractivity contribution in [3.05, 3.63) is 106 Å². The molecule has 0 saturated carbocycles. The second kappa shape index (κ2) is 8.68. The minimum Gasteiger partial charge on any atom is -0.369 e. The molecular formula is C25H22N6O2. The highest BCUT2D eigenvalue weighted by atomic mass is 16.3. The molecule has 164 valence electrons. The van der Waals surface area contributed by atoms with Gasteiger partial charge in [-0.2, -0.15) is 5.10 Å². The standard InChI is InChI=1S/C25H22N6O2/c1-16-11-12-26-14-19(16)20-9-10-23(32)31(30-20)15-17-5-4-6-18(13-17)24(33)29-25-27-21-7-2-3-8-22(21)28-25/h2-14,24,33H,15H2,1H3,(H2,27,28,29). The lowest BCUT2D eigenvalue weighted by Crippen LogP contribution is -2.23. The van der Waals surface area contributed by atoms with Crippen LogP contribution in [-0.4, -0.2) is 29.8 Å². The molecule has 0 fully saturated rings. The highest BCUT2D eigenvalue weighted by Gasteiger charge is 2.12. The Morgan fingerprint density at radius 2 is 1.97 bits per heavy atom. The number of rotatable bonds is 6. The third-order valence-electron chi connectivity index (χ3n) is 5.44. The van der Waals surface area contributed by atoms with Gasteiger partial charge in [0.2, 0.25) is 5.95 Å². The normalized spacial score (nSPS) is 12.1. The molecule has 3 heterocycles. The summed E-state index contributed by atoms with van der Waals surface area (Å²) in [6, 6.07) is 20.2. The number of fused-ring (bicyclic) bond motifs is 1. The Kier molecular flexibility index (Phi) is 5.42. The van der Waals surface area contributed by atoms with Crippen molar-refractivity contribution < 1.29 is 5.11 Å². The number of benzene rings is 2. The molecule has 0 radical (unpaired) electrons. The third-order valence-corrected chi connectivity index (χ3v) is 5.44. The number of para-hydroxylation sites is 2. The first-order valence-electron chi connectivity index (χ1n) is 10.5. The molecule has 2 aromatic carbocycles. The predicted molar refractivity (Wildman–Crippen MR) is 127 cm³/mol. The van der Waals surface area contributed by atoms with Crippen LogP contribution in [0.5, 0.6) is 0 Å². The molecule has 1 atom stereocenters. The molecule has 0 aliphatic rings. The molecule has 8 nitrogen and oxygen atoms in total. The van der Waals surface area contributed by atoms with Crippen molar-refractivity contribution in [2.45, 2.75) is 19.7 Å². The van der Waals surface area contributed by atoms with Crippen LogP contribution in [0.15, 0.2) is 83.9 Å². The van der Waals surface area contributed by atoms with Crippen LogP contribution in [0.4, 0.5) is 5.95 Å². The van der Waals surface area contributed by atoms with E-state index in [4.69, 9.17) is 0 Å². The molecule has 33 heavy (non-hydrogen) atoms. The Morgan fingerprint density at radius 3 is 2.82 bits per heavy atom. The molecule has 1 unspecified atom stereocenters. The number of aryl methyl sites for hydroxylation is 1. The summed E-state index contributed by atoms with van der Waals surface area (Å²) in [5, 5.41) is 18.2. The van der Waals surface area contributed by atoms with Gasteiger partial charge in [-0.05, 0) is 48.4 Å². The molecule has 0 bridgehead atoms. The van der Waals surface area contributed by atoms with Crippen molar-refractivity contribution in [2.75, 3.05) is 5.32 Å². The number of nitrogens with zero attached hydrogens (tertiary/aromatic N) is 4. The molecule has 3 aromatic heterocycles. The van der Waals surface area contributed by atoms with Gasteiger partial charge in [-0.15, -0.1) is 0 Å². The van der Waals surface area contributed by atoms with E-state index in [1.54, 1.807) is 18.5 Å². The molecule has 3 N–H and O–H groups in total. The Balaban J connectivity index is 1.37. The van der Waals surface area contributed by atoms with Crippen LogP contribution >= 0.6 is 0 Å². The monoisotopic (exact) mass is 438 g/mol. The van der Waals surface area contributed by atoms with Crippen molar-refractivity contribution in [1.29, 1.82) is 0 Å². The first kappa shape index (κ1) is 20.6. The van der Waals surface area contributed by atoms with Gasteiger partial charge in [-0.25, -0.2) is 9.67 Å². The molecule has 0 spiro atoms. The van der Waals surface area contributed by atoms with E-state index in [1.807, 2.05) is 61.5 Å². The largest absolute Gasteiger partial charge is 0.369 e. The quantitative estimate of drug-likeness (QED) is 0.349. The minimum atomic E-state index is -0.973. The minimum absolute atomic E-state index is 0.202. The lowest BCUT2D eigenvalue weighted by Gasteiger charge is -2.14. The van der Waals surface area contributed by atoms with Gasteiger partial charge in [0.1, 0.15) is 0 Å². The Labute approximate surface area is 189 Å². The van der Waals surface area contributed by atoms with Crippen LogP contribution < -0.4 is 10.9 Å². The summed E-state index contributed by atoms with van der Waals surface area (Å²) in [7, 11) is 0. The van der Waals surface area contributed by atoms with Gasteiger partial charge >= 0.3 is 0 Å². The number of imidazole rings is 1. The SMILES string of the molecule is Cc1ccncc1-c1ccc(=O)n(Cc2cccc(C(O)Nc3nc4ccccc4[nH]3)c2)n1. The molecule has 0 amide bonds. The van der Waals surface area contributed by atoms with Gasteiger partial charge in [0.25, 0.3) is 5.56 Å². The summed E-state index contributed by atoms with van der Waals surface area (Å²) in [6.45, 7) is 2.26. The summed E-state index contributed by atoms with van der Waals surface area (Å²) >= 11 is 0. The first-order valence-corrected chi connectivity index (χ1v) is 10.5. The lowest BCUT2D eigenvalue weighted by atomic mass is 10.1. The van der Waals surface area contributed by atoms with E-state index in [-0.39, 0.29) is 12.1 Å².